The lowest BCUT2D eigenvalue weighted by atomic mass is 10.2. The summed E-state index contributed by atoms with van der Waals surface area (Å²) in [6.45, 7) is 6.35. The molecule has 1 heterocycles. The summed E-state index contributed by atoms with van der Waals surface area (Å²) in [5, 5.41) is 0. The lowest BCUT2D eigenvalue weighted by Crippen LogP contribution is -2.36. The Morgan fingerprint density at radius 3 is 3.06 bits per heavy atom. The molecule has 0 spiro atoms. The van der Waals surface area contributed by atoms with Crippen LogP contribution in [0.4, 0.5) is 11.4 Å². The van der Waals surface area contributed by atoms with E-state index in [1.54, 1.807) is 16.7 Å². The molecule has 1 aromatic rings. The highest BCUT2D eigenvalue weighted by Gasteiger charge is 2.24. The summed E-state index contributed by atoms with van der Waals surface area (Å²) in [7, 11) is 0. The van der Waals surface area contributed by atoms with Crippen LogP contribution in [0.3, 0.4) is 0 Å². The molecule has 0 aliphatic carbocycles. The first kappa shape index (κ1) is 11.1. The number of thioether (sulfide) groups is 1. The van der Waals surface area contributed by atoms with Gasteiger partial charge in [-0.1, -0.05) is 12.2 Å². The van der Waals surface area contributed by atoms with Crippen molar-refractivity contribution in [3.63, 3.8) is 0 Å². The van der Waals surface area contributed by atoms with Crippen molar-refractivity contribution in [3.05, 3.63) is 30.4 Å². The van der Waals surface area contributed by atoms with Crippen molar-refractivity contribution in [2.75, 3.05) is 22.9 Å². The van der Waals surface area contributed by atoms with Gasteiger partial charge in [0.15, 0.2) is 0 Å². The molecule has 4 heteroatoms. The number of carbonyl (C=O) groups excluding carboxylic acids is 1. The number of nitrogens with zero attached hydrogens (tertiary/aromatic N) is 1. The molecule has 2 rings (SSSR count). The second-order valence-corrected chi connectivity index (χ2v) is 4.97. The van der Waals surface area contributed by atoms with Crippen LogP contribution in [0.25, 0.3) is 0 Å². The van der Waals surface area contributed by atoms with Gasteiger partial charge in [-0.25, -0.2) is 0 Å². The zero-order chi connectivity index (χ0) is 11.7. The predicted octanol–water partition coefficient (Wildman–Crippen LogP) is 2.28. The van der Waals surface area contributed by atoms with Gasteiger partial charge < -0.3 is 10.6 Å². The maximum Gasteiger partial charge on any atom is 0.237 e. The molecule has 0 radical (unpaired) electrons. The van der Waals surface area contributed by atoms with E-state index in [1.807, 2.05) is 25.1 Å². The lowest BCUT2D eigenvalue weighted by Gasteiger charge is -2.29. The van der Waals surface area contributed by atoms with Crippen LogP contribution < -0.4 is 10.6 Å². The third-order valence-corrected chi connectivity index (χ3v) is 3.38. The molecular formula is C12H14N2OS. The molecule has 0 saturated heterocycles. The summed E-state index contributed by atoms with van der Waals surface area (Å²) in [6, 6.07) is 5.64. The summed E-state index contributed by atoms with van der Waals surface area (Å²) in [5.41, 5.74) is 8.38. The molecule has 0 fully saturated rings. The fourth-order valence-electron chi connectivity index (χ4n) is 1.66. The van der Waals surface area contributed by atoms with Crippen molar-refractivity contribution in [2.45, 2.75) is 11.8 Å². The van der Waals surface area contributed by atoms with Gasteiger partial charge in [0.25, 0.3) is 0 Å². The molecule has 0 unspecified atom stereocenters. The Bertz CT molecular complexity index is 456. The molecular weight excluding hydrogens is 220 g/mol. The summed E-state index contributed by atoms with van der Waals surface area (Å²) in [6.07, 6.45) is 0. The van der Waals surface area contributed by atoms with Gasteiger partial charge in [0, 0.05) is 17.1 Å². The Balaban J connectivity index is 2.40. The van der Waals surface area contributed by atoms with E-state index in [9.17, 15) is 4.79 Å². The average Bonchev–Trinajstić information content (AvgIpc) is 2.22. The van der Waals surface area contributed by atoms with Crippen molar-refractivity contribution in [1.29, 1.82) is 0 Å². The molecule has 1 aliphatic heterocycles. The first-order valence-electron chi connectivity index (χ1n) is 5.05. The van der Waals surface area contributed by atoms with Gasteiger partial charge in [-0.2, -0.15) is 0 Å². The number of rotatable bonds is 2. The third kappa shape index (κ3) is 2.07. The highest BCUT2D eigenvalue weighted by Crippen LogP contribution is 2.36. The maximum absolute atomic E-state index is 11.8. The van der Waals surface area contributed by atoms with Gasteiger partial charge in [0.2, 0.25) is 5.91 Å². The first-order chi connectivity index (χ1) is 7.58. The van der Waals surface area contributed by atoms with Gasteiger partial charge >= 0.3 is 0 Å². The molecule has 1 aliphatic rings. The second-order valence-electron chi connectivity index (χ2n) is 3.95. The number of hydrogen-bond acceptors (Lipinski definition) is 3. The molecule has 0 bridgehead atoms. The van der Waals surface area contributed by atoms with Gasteiger partial charge in [-0.3, -0.25) is 4.79 Å². The summed E-state index contributed by atoms with van der Waals surface area (Å²) >= 11 is 1.54. The number of anilines is 2. The number of nitrogens with two attached hydrogens (primary N) is 1. The Hall–Kier alpha value is -1.42. The van der Waals surface area contributed by atoms with Crippen LogP contribution in [0, 0.1) is 0 Å². The monoisotopic (exact) mass is 234 g/mol. The minimum atomic E-state index is 0.130. The van der Waals surface area contributed by atoms with E-state index in [2.05, 4.69) is 6.58 Å². The van der Waals surface area contributed by atoms with Crippen LogP contribution in [0.5, 0.6) is 0 Å². The first-order valence-corrected chi connectivity index (χ1v) is 6.03. The van der Waals surface area contributed by atoms with Crippen molar-refractivity contribution in [2.24, 2.45) is 0 Å². The van der Waals surface area contributed by atoms with Gasteiger partial charge in [0.1, 0.15) is 0 Å². The Kier molecular flexibility index (Phi) is 2.92. The molecule has 16 heavy (non-hydrogen) atoms. The highest BCUT2D eigenvalue weighted by atomic mass is 32.2. The van der Waals surface area contributed by atoms with Crippen LogP contribution in [0.1, 0.15) is 6.92 Å². The van der Waals surface area contributed by atoms with Gasteiger partial charge in [-0.15, -0.1) is 11.8 Å². The topological polar surface area (TPSA) is 46.3 Å². The molecule has 1 aromatic carbocycles. The maximum atomic E-state index is 11.8. The minimum absolute atomic E-state index is 0.130. The zero-order valence-electron chi connectivity index (χ0n) is 9.19. The molecule has 2 N–H and O–H groups in total. The summed E-state index contributed by atoms with van der Waals surface area (Å²) in [5.74, 6) is 0.606. The van der Waals surface area contributed by atoms with Crippen LogP contribution in [0.15, 0.2) is 35.2 Å². The van der Waals surface area contributed by atoms with Crippen molar-refractivity contribution in [3.8, 4) is 0 Å². The summed E-state index contributed by atoms with van der Waals surface area (Å²) < 4.78 is 0. The van der Waals surface area contributed by atoms with Gasteiger partial charge in [-0.05, 0) is 25.1 Å². The normalized spacial score (nSPS) is 14.8. The van der Waals surface area contributed by atoms with Crippen LogP contribution >= 0.6 is 11.8 Å². The van der Waals surface area contributed by atoms with E-state index in [1.165, 1.54) is 0 Å². The molecule has 3 nitrogen and oxygen atoms in total. The SMILES string of the molecule is C=C(C)CN1C(=O)CSc2cc(N)ccc21. The largest absolute Gasteiger partial charge is 0.399 e. The van der Waals surface area contributed by atoms with E-state index in [4.69, 9.17) is 5.73 Å². The minimum Gasteiger partial charge on any atom is -0.399 e. The van der Waals surface area contributed by atoms with E-state index < -0.39 is 0 Å². The number of benzene rings is 1. The Morgan fingerprint density at radius 2 is 2.38 bits per heavy atom. The number of carbonyl (C=O) groups is 1. The standard InChI is InChI=1S/C12H14N2OS/c1-8(2)6-14-10-4-3-9(13)5-11(10)16-7-12(14)15/h3-5H,1,6-7,13H2,2H3. The number of nitrogen functional groups attached to an aromatic ring is 1. The van der Waals surface area contributed by atoms with E-state index in [0.717, 1.165) is 21.8 Å². The molecule has 0 saturated carbocycles. The fourth-order valence-corrected chi connectivity index (χ4v) is 2.64. The molecule has 1 amide bonds. The Labute approximate surface area is 99.3 Å². The molecule has 0 aromatic heterocycles. The quantitative estimate of drug-likeness (QED) is 0.631. The van der Waals surface area contributed by atoms with Crippen molar-refractivity contribution in [1.82, 2.24) is 0 Å². The van der Waals surface area contributed by atoms with E-state index >= 15 is 0 Å². The van der Waals surface area contributed by atoms with Crippen LogP contribution in [0.2, 0.25) is 0 Å². The van der Waals surface area contributed by atoms with E-state index in [-0.39, 0.29) is 5.91 Å². The highest BCUT2D eigenvalue weighted by molar-refractivity contribution is 8.00. The zero-order valence-corrected chi connectivity index (χ0v) is 10.0. The smallest absolute Gasteiger partial charge is 0.237 e. The predicted molar refractivity (Wildman–Crippen MR) is 68.7 cm³/mol. The molecule has 0 atom stereocenters. The number of hydrogen-bond donors (Lipinski definition) is 1. The number of fused-ring (bicyclic) bond motifs is 1. The van der Waals surface area contributed by atoms with Crippen LogP contribution in [-0.4, -0.2) is 18.2 Å². The average molecular weight is 234 g/mol. The van der Waals surface area contributed by atoms with Crippen LogP contribution in [-0.2, 0) is 4.79 Å². The van der Waals surface area contributed by atoms with Crippen molar-refractivity contribution < 1.29 is 4.79 Å². The molecule has 84 valence electrons. The van der Waals surface area contributed by atoms with Crippen molar-refractivity contribution >= 4 is 29.0 Å². The Morgan fingerprint density at radius 1 is 1.62 bits per heavy atom. The second kappa shape index (κ2) is 4.22. The lowest BCUT2D eigenvalue weighted by molar-refractivity contribution is -0.116. The fraction of sp³-hybridized carbons (Fsp3) is 0.250. The third-order valence-electron chi connectivity index (χ3n) is 2.35. The van der Waals surface area contributed by atoms with E-state index in [0.29, 0.717) is 12.3 Å². The van der Waals surface area contributed by atoms with Gasteiger partial charge in [0.05, 0.1) is 11.4 Å². The summed E-state index contributed by atoms with van der Waals surface area (Å²) in [4.78, 5) is 14.7. The number of amides is 1.